The number of anilines is 1. The molecule has 3 aromatic heterocycles. The lowest BCUT2D eigenvalue weighted by Crippen LogP contribution is -2.27. The van der Waals surface area contributed by atoms with Gasteiger partial charge in [-0.1, -0.05) is 30.0 Å². The highest BCUT2D eigenvalue weighted by molar-refractivity contribution is 8.00. The number of rotatable bonds is 4. The van der Waals surface area contributed by atoms with Crippen LogP contribution in [0.4, 0.5) is 5.69 Å². The van der Waals surface area contributed by atoms with Crippen LogP contribution in [0.25, 0.3) is 15.7 Å². The molecule has 0 unspecified atom stereocenters. The summed E-state index contributed by atoms with van der Waals surface area (Å²) >= 11 is 3.19. The maximum atomic E-state index is 12.5. The molecule has 26 heavy (non-hydrogen) atoms. The Hall–Kier alpha value is -2.38. The molecule has 0 saturated heterocycles. The largest absolute Gasteiger partial charge is 0.315 e. The summed E-state index contributed by atoms with van der Waals surface area (Å²) in [6, 6.07) is 14.0. The monoisotopic (exact) mass is 382 g/mol. The lowest BCUT2D eigenvalue weighted by atomic mass is 10.3. The predicted molar refractivity (Wildman–Crippen MR) is 108 cm³/mol. The third kappa shape index (κ3) is 2.97. The summed E-state index contributed by atoms with van der Waals surface area (Å²) in [4.78, 5) is 15.5. The molecular formula is C19H18N4OS2. The summed E-state index contributed by atoms with van der Waals surface area (Å²) in [5.74, 6) is 1.20. The number of fused-ring (bicyclic) bond motifs is 3. The van der Waals surface area contributed by atoms with Gasteiger partial charge in [-0.25, -0.2) is 0 Å². The van der Waals surface area contributed by atoms with Crippen LogP contribution in [0.15, 0.2) is 47.5 Å². The molecule has 5 nitrogen and oxygen atoms in total. The van der Waals surface area contributed by atoms with Gasteiger partial charge in [0.2, 0.25) is 5.91 Å². The summed E-state index contributed by atoms with van der Waals surface area (Å²) < 4.78 is 3.34. The SMILES string of the molecule is Cc1cc2c(cc3c(SCC(=O)N(C)c4ccccc4)nnc(C)n32)s1. The smallest absolute Gasteiger partial charge is 0.237 e. The summed E-state index contributed by atoms with van der Waals surface area (Å²) in [5, 5.41) is 9.41. The van der Waals surface area contributed by atoms with Gasteiger partial charge in [-0.15, -0.1) is 21.5 Å². The number of thiophene rings is 1. The first-order valence-corrected chi connectivity index (χ1v) is 10.0. The second kappa shape index (κ2) is 6.74. The molecule has 0 N–H and O–H groups in total. The van der Waals surface area contributed by atoms with E-state index in [2.05, 4.69) is 33.7 Å². The van der Waals surface area contributed by atoms with Gasteiger partial charge in [0.05, 0.1) is 21.5 Å². The average Bonchev–Trinajstić information content (AvgIpc) is 3.17. The van der Waals surface area contributed by atoms with Crippen LogP contribution >= 0.6 is 23.1 Å². The molecule has 3 heterocycles. The highest BCUT2D eigenvalue weighted by atomic mass is 32.2. The Morgan fingerprint density at radius 1 is 1.15 bits per heavy atom. The van der Waals surface area contributed by atoms with E-state index in [9.17, 15) is 4.79 Å². The molecule has 132 valence electrons. The van der Waals surface area contributed by atoms with Crippen molar-refractivity contribution < 1.29 is 4.79 Å². The number of carbonyl (C=O) groups excluding carboxylic acids is 1. The number of amides is 1. The number of benzene rings is 1. The fraction of sp³-hybridized carbons (Fsp3) is 0.211. The minimum absolute atomic E-state index is 0.0333. The Labute approximate surface area is 159 Å². The van der Waals surface area contributed by atoms with Crippen LogP contribution in [0.2, 0.25) is 0 Å². The Balaban J connectivity index is 1.60. The van der Waals surface area contributed by atoms with Gasteiger partial charge in [-0.3, -0.25) is 9.20 Å². The van der Waals surface area contributed by atoms with E-state index >= 15 is 0 Å². The minimum Gasteiger partial charge on any atom is -0.315 e. The molecule has 1 amide bonds. The van der Waals surface area contributed by atoms with Crippen LogP contribution in [0.1, 0.15) is 10.7 Å². The molecule has 0 aliphatic carbocycles. The van der Waals surface area contributed by atoms with Crippen LogP contribution in [0, 0.1) is 13.8 Å². The quantitative estimate of drug-likeness (QED) is 0.493. The summed E-state index contributed by atoms with van der Waals surface area (Å²) in [7, 11) is 1.80. The number of thioether (sulfide) groups is 1. The van der Waals surface area contributed by atoms with Gasteiger partial charge in [0.25, 0.3) is 0 Å². The molecule has 0 saturated carbocycles. The Kier molecular flexibility index (Phi) is 4.42. The Morgan fingerprint density at radius 3 is 2.69 bits per heavy atom. The molecule has 0 aliphatic heterocycles. The number of aromatic nitrogens is 3. The fourth-order valence-electron chi connectivity index (χ4n) is 2.96. The van der Waals surface area contributed by atoms with E-state index in [-0.39, 0.29) is 5.91 Å². The zero-order valence-corrected chi connectivity index (χ0v) is 16.4. The first-order valence-electron chi connectivity index (χ1n) is 8.24. The second-order valence-electron chi connectivity index (χ2n) is 6.10. The Morgan fingerprint density at radius 2 is 1.92 bits per heavy atom. The van der Waals surface area contributed by atoms with Gasteiger partial charge in [-0.2, -0.15) is 0 Å². The number of hydrogen-bond acceptors (Lipinski definition) is 5. The van der Waals surface area contributed by atoms with Gasteiger partial charge in [0.1, 0.15) is 10.9 Å². The van der Waals surface area contributed by atoms with Crippen LogP contribution in [-0.2, 0) is 4.79 Å². The molecule has 0 fully saturated rings. The zero-order chi connectivity index (χ0) is 18.3. The van der Waals surface area contributed by atoms with Gasteiger partial charge < -0.3 is 4.90 Å². The van der Waals surface area contributed by atoms with E-state index in [0.717, 1.165) is 27.6 Å². The molecule has 0 radical (unpaired) electrons. The molecule has 0 aliphatic rings. The first-order chi connectivity index (χ1) is 12.5. The fourth-order valence-corrected chi connectivity index (χ4v) is 4.75. The van der Waals surface area contributed by atoms with Crippen molar-refractivity contribution in [1.29, 1.82) is 0 Å². The first kappa shape index (κ1) is 17.1. The van der Waals surface area contributed by atoms with Crippen molar-refractivity contribution in [2.45, 2.75) is 18.9 Å². The third-order valence-corrected chi connectivity index (χ3v) is 6.23. The van der Waals surface area contributed by atoms with Gasteiger partial charge in [-0.05, 0) is 38.1 Å². The van der Waals surface area contributed by atoms with Gasteiger partial charge in [0.15, 0.2) is 0 Å². The Bertz CT molecular complexity index is 1100. The van der Waals surface area contributed by atoms with Crippen LogP contribution in [0.5, 0.6) is 0 Å². The molecule has 4 aromatic rings. The summed E-state index contributed by atoms with van der Waals surface area (Å²) in [6.07, 6.45) is 0. The highest BCUT2D eigenvalue weighted by Crippen LogP contribution is 2.33. The van der Waals surface area contributed by atoms with Crippen molar-refractivity contribution >= 4 is 50.4 Å². The lowest BCUT2D eigenvalue weighted by molar-refractivity contribution is -0.115. The van der Waals surface area contributed by atoms with Crippen molar-refractivity contribution in [1.82, 2.24) is 14.6 Å². The molecule has 0 bridgehead atoms. The van der Waals surface area contributed by atoms with Crippen LogP contribution < -0.4 is 4.90 Å². The van der Waals surface area contributed by atoms with E-state index in [1.54, 1.807) is 23.3 Å². The van der Waals surface area contributed by atoms with Crippen molar-refractivity contribution in [3.63, 3.8) is 0 Å². The molecule has 0 atom stereocenters. The highest BCUT2D eigenvalue weighted by Gasteiger charge is 2.16. The standard InChI is InChI=1S/C19H18N4OS2/c1-12-9-15-17(26-12)10-16-19(21-20-13(2)23(15)16)25-11-18(24)22(3)14-7-5-4-6-8-14/h4-10H,11H2,1-3H3. The van der Waals surface area contributed by atoms with Crippen LogP contribution in [-0.4, -0.2) is 33.3 Å². The van der Waals surface area contributed by atoms with Crippen molar-refractivity contribution in [3.8, 4) is 0 Å². The van der Waals surface area contributed by atoms with E-state index in [1.807, 2.05) is 37.3 Å². The third-order valence-electron chi connectivity index (χ3n) is 4.29. The normalized spacial score (nSPS) is 11.3. The van der Waals surface area contributed by atoms with Crippen molar-refractivity contribution in [3.05, 3.63) is 53.2 Å². The molecule has 4 rings (SSSR count). The van der Waals surface area contributed by atoms with Crippen molar-refractivity contribution in [2.24, 2.45) is 0 Å². The number of carbonyl (C=O) groups is 1. The molecule has 1 aromatic carbocycles. The maximum Gasteiger partial charge on any atom is 0.237 e. The van der Waals surface area contributed by atoms with Crippen molar-refractivity contribution in [2.75, 3.05) is 17.7 Å². The number of para-hydroxylation sites is 1. The molecule has 0 spiro atoms. The number of nitrogens with zero attached hydrogens (tertiary/aromatic N) is 4. The van der Waals surface area contributed by atoms with E-state index in [1.165, 1.54) is 21.3 Å². The summed E-state index contributed by atoms with van der Waals surface area (Å²) in [6.45, 7) is 4.06. The zero-order valence-electron chi connectivity index (χ0n) is 14.8. The summed E-state index contributed by atoms with van der Waals surface area (Å²) in [5.41, 5.74) is 3.06. The molecular weight excluding hydrogens is 364 g/mol. The lowest BCUT2D eigenvalue weighted by Gasteiger charge is -2.16. The van der Waals surface area contributed by atoms with Gasteiger partial charge >= 0.3 is 0 Å². The average molecular weight is 383 g/mol. The minimum atomic E-state index is 0.0333. The predicted octanol–water partition coefficient (Wildman–Crippen LogP) is 4.32. The second-order valence-corrected chi connectivity index (χ2v) is 8.35. The van der Waals surface area contributed by atoms with Crippen LogP contribution in [0.3, 0.4) is 0 Å². The van der Waals surface area contributed by atoms with E-state index < -0.39 is 0 Å². The van der Waals surface area contributed by atoms with E-state index in [4.69, 9.17) is 0 Å². The van der Waals surface area contributed by atoms with Gasteiger partial charge in [0, 0.05) is 17.6 Å². The van der Waals surface area contributed by atoms with E-state index in [0.29, 0.717) is 5.75 Å². The topological polar surface area (TPSA) is 50.5 Å². The number of hydrogen-bond donors (Lipinski definition) is 0. The maximum absolute atomic E-state index is 12.5. The number of aryl methyl sites for hydroxylation is 2. The molecule has 7 heteroatoms.